The molecule has 3 N–H and O–H groups in total. The van der Waals surface area contributed by atoms with Crippen molar-refractivity contribution in [2.75, 3.05) is 20.1 Å². The Morgan fingerprint density at radius 1 is 1.29 bits per heavy atom. The number of rotatable bonds is 5. The molecule has 0 aromatic heterocycles. The predicted octanol–water partition coefficient (Wildman–Crippen LogP) is 0.797. The zero-order chi connectivity index (χ0) is 12.7. The van der Waals surface area contributed by atoms with Crippen molar-refractivity contribution in [1.29, 1.82) is 0 Å². The summed E-state index contributed by atoms with van der Waals surface area (Å²) in [6, 6.07) is -0.334. The van der Waals surface area contributed by atoms with Gasteiger partial charge in [-0.3, -0.25) is 10.2 Å². The van der Waals surface area contributed by atoms with Crippen molar-refractivity contribution in [2.24, 2.45) is 5.92 Å². The van der Waals surface area contributed by atoms with Crippen molar-refractivity contribution < 1.29 is 14.7 Å². The van der Waals surface area contributed by atoms with E-state index in [0.717, 1.165) is 0 Å². The summed E-state index contributed by atoms with van der Waals surface area (Å²) >= 11 is 0. The molecule has 0 aliphatic heterocycles. The summed E-state index contributed by atoms with van der Waals surface area (Å²) in [6.45, 7) is 0.462. The summed E-state index contributed by atoms with van der Waals surface area (Å²) in [5.41, 5.74) is 2.45. The fourth-order valence-electron chi connectivity index (χ4n) is 2.08. The van der Waals surface area contributed by atoms with Crippen LogP contribution in [0.25, 0.3) is 0 Å². The first-order valence-electron chi connectivity index (χ1n) is 6.05. The van der Waals surface area contributed by atoms with Crippen LogP contribution in [0.5, 0.6) is 0 Å². The van der Waals surface area contributed by atoms with Crippen molar-refractivity contribution in [1.82, 2.24) is 15.8 Å². The molecule has 17 heavy (non-hydrogen) atoms. The summed E-state index contributed by atoms with van der Waals surface area (Å²) in [6.07, 6.45) is 6.13. The first-order valence-corrected chi connectivity index (χ1v) is 6.05. The number of nitrogens with zero attached hydrogens (tertiary/aromatic N) is 1. The maximum Gasteiger partial charge on any atom is 0.329 e. The Kier molecular flexibility index (Phi) is 5.76. The van der Waals surface area contributed by atoms with Crippen LogP contribution in [-0.2, 0) is 4.79 Å². The molecule has 0 bridgehead atoms. The third kappa shape index (κ3) is 6.11. The van der Waals surface area contributed by atoms with Crippen LogP contribution in [0, 0.1) is 5.92 Å². The number of hydrazine groups is 1. The highest BCUT2D eigenvalue weighted by Crippen LogP contribution is 2.22. The van der Waals surface area contributed by atoms with Crippen molar-refractivity contribution in [2.45, 2.75) is 32.1 Å². The van der Waals surface area contributed by atoms with Gasteiger partial charge in [-0.05, 0) is 18.8 Å². The smallest absolute Gasteiger partial charge is 0.329 e. The van der Waals surface area contributed by atoms with Crippen LogP contribution in [-0.4, -0.2) is 42.3 Å². The molecule has 2 amide bonds. The van der Waals surface area contributed by atoms with Crippen molar-refractivity contribution in [3.05, 3.63) is 0 Å². The summed E-state index contributed by atoms with van der Waals surface area (Å²) in [7, 11) is 1.52. The molecular formula is C11H21N3O3. The molecule has 0 saturated heterocycles. The van der Waals surface area contributed by atoms with Crippen LogP contribution in [0.15, 0.2) is 0 Å². The molecule has 1 aliphatic carbocycles. The minimum absolute atomic E-state index is 0.211. The monoisotopic (exact) mass is 243 g/mol. The standard InChI is InChI=1S/C11H21N3O3/c1-14(8-10(15)16)13-11(17)12-7-9-5-3-2-4-6-9/h9H,2-8H2,1H3,(H,15,16)(H2,12,13,17). The average Bonchev–Trinajstić information content (AvgIpc) is 2.26. The lowest BCUT2D eigenvalue weighted by Gasteiger charge is -2.22. The van der Waals surface area contributed by atoms with Gasteiger partial charge in [0.05, 0.1) is 0 Å². The first kappa shape index (κ1) is 13.8. The first-order chi connectivity index (χ1) is 8.08. The molecule has 0 radical (unpaired) electrons. The quantitative estimate of drug-likeness (QED) is 0.624. The summed E-state index contributed by atoms with van der Waals surface area (Å²) < 4.78 is 0. The van der Waals surface area contributed by atoms with Crippen LogP contribution in [0.2, 0.25) is 0 Å². The van der Waals surface area contributed by atoms with E-state index in [1.165, 1.54) is 44.2 Å². The number of carbonyl (C=O) groups is 2. The Hall–Kier alpha value is -1.30. The number of carboxylic acids is 1. The highest BCUT2D eigenvalue weighted by atomic mass is 16.4. The van der Waals surface area contributed by atoms with Crippen LogP contribution >= 0.6 is 0 Å². The number of nitrogens with one attached hydrogen (secondary N) is 2. The molecule has 98 valence electrons. The largest absolute Gasteiger partial charge is 0.480 e. The van der Waals surface area contributed by atoms with E-state index in [4.69, 9.17) is 5.11 Å². The number of carbonyl (C=O) groups excluding carboxylic acids is 1. The number of amides is 2. The van der Waals surface area contributed by atoms with E-state index in [1.54, 1.807) is 0 Å². The van der Waals surface area contributed by atoms with E-state index < -0.39 is 5.97 Å². The predicted molar refractivity (Wildman–Crippen MR) is 63.4 cm³/mol. The van der Waals surface area contributed by atoms with Gasteiger partial charge in [0.15, 0.2) is 0 Å². The number of aliphatic carboxylic acids is 1. The van der Waals surface area contributed by atoms with E-state index in [9.17, 15) is 9.59 Å². The molecule has 0 unspecified atom stereocenters. The van der Waals surface area contributed by atoms with Gasteiger partial charge in [-0.25, -0.2) is 9.80 Å². The number of likely N-dealkylation sites (N-methyl/N-ethyl adjacent to an activating group) is 1. The molecule has 0 atom stereocenters. The SMILES string of the molecule is CN(CC(=O)O)NC(=O)NCC1CCCCC1. The molecule has 1 rings (SSSR count). The second-order valence-electron chi connectivity index (χ2n) is 4.58. The Morgan fingerprint density at radius 3 is 2.53 bits per heavy atom. The fraction of sp³-hybridized carbons (Fsp3) is 0.818. The van der Waals surface area contributed by atoms with Crippen molar-refractivity contribution in [3.63, 3.8) is 0 Å². The molecule has 6 heteroatoms. The zero-order valence-electron chi connectivity index (χ0n) is 10.2. The van der Waals surface area contributed by atoms with Gasteiger partial charge < -0.3 is 10.4 Å². The highest BCUT2D eigenvalue weighted by molar-refractivity contribution is 5.74. The Labute approximate surface area is 101 Å². The zero-order valence-corrected chi connectivity index (χ0v) is 10.2. The summed E-state index contributed by atoms with van der Waals surface area (Å²) in [5.74, 6) is -0.403. The molecule has 0 aromatic carbocycles. The van der Waals surface area contributed by atoms with Gasteiger partial charge >= 0.3 is 12.0 Å². The van der Waals surface area contributed by atoms with Gasteiger partial charge in [-0.15, -0.1) is 0 Å². The number of carboxylic acid groups (broad SMARTS) is 1. The minimum Gasteiger partial charge on any atom is -0.480 e. The average molecular weight is 243 g/mol. The van der Waals surface area contributed by atoms with Crippen molar-refractivity contribution in [3.8, 4) is 0 Å². The fourth-order valence-corrected chi connectivity index (χ4v) is 2.08. The van der Waals surface area contributed by atoms with Crippen molar-refractivity contribution >= 4 is 12.0 Å². The number of hydrogen-bond donors (Lipinski definition) is 3. The van der Waals surface area contributed by atoms with Gasteiger partial charge in [0, 0.05) is 13.6 Å². The third-order valence-electron chi connectivity index (χ3n) is 2.94. The van der Waals surface area contributed by atoms with E-state index in [2.05, 4.69) is 10.7 Å². The van der Waals surface area contributed by atoms with Crippen LogP contribution < -0.4 is 10.7 Å². The summed E-state index contributed by atoms with van der Waals surface area (Å²) in [4.78, 5) is 21.8. The van der Waals surface area contributed by atoms with Gasteiger partial charge in [0.2, 0.25) is 0 Å². The van der Waals surface area contributed by atoms with Crippen LogP contribution in [0.3, 0.4) is 0 Å². The molecule has 1 saturated carbocycles. The molecule has 0 aromatic rings. The van der Waals surface area contributed by atoms with Crippen LogP contribution in [0.1, 0.15) is 32.1 Å². The molecule has 6 nitrogen and oxygen atoms in total. The lowest BCUT2D eigenvalue weighted by molar-refractivity contribution is -0.138. The Morgan fingerprint density at radius 2 is 1.94 bits per heavy atom. The third-order valence-corrected chi connectivity index (χ3v) is 2.94. The van der Waals surface area contributed by atoms with Gasteiger partial charge in [0.1, 0.15) is 6.54 Å². The minimum atomic E-state index is -0.972. The molecule has 0 heterocycles. The number of hydrogen-bond acceptors (Lipinski definition) is 3. The maximum absolute atomic E-state index is 11.4. The van der Waals surface area contributed by atoms with Gasteiger partial charge in [0.25, 0.3) is 0 Å². The van der Waals surface area contributed by atoms with Crippen LogP contribution in [0.4, 0.5) is 4.79 Å². The molecule has 0 spiro atoms. The Balaban J connectivity index is 2.13. The van der Waals surface area contributed by atoms with Gasteiger partial charge in [-0.1, -0.05) is 19.3 Å². The lowest BCUT2D eigenvalue weighted by Crippen LogP contribution is -2.48. The lowest BCUT2D eigenvalue weighted by atomic mass is 9.89. The molecule has 1 fully saturated rings. The van der Waals surface area contributed by atoms with E-state index in [0.29, 0.717) is 12.5 Å². The normalized spacial score (nSPS) is 16.8. The maximum atomic E-state index is 11.4. The topological polar surface area (TPSA) is 81.7 Å². The van der Waals surface area contributed by atoms with Gasteiger partial charge in [-0.2, -0.15) is 0 Å². The van der Waals surface area contributed by atoms with E-state index in [1.807, 2.05) is 0 Å². The number of urea groups is 1. The molecular weight excluding hydrogens is 222 g/mol. The second-order valence-corrected chi connectivity index (χ2v) is 4.58. The Bertz CT molecular complexity index is 265. The van der Waals surface area contributed by atoms with E-state index in [-0.39, 0.29) is 12.6 Å². The second kappa shape index (κ2) is 7.11. The summed E-state index contributed by atoms with van der Waals surface area (Å²) in [5, 5.41) is 12.5. The molecule has 1 aliphatic rings. The highest BCUT2D eigenvalue weighted by Gasteiger charge is 2.14. The van der Waals surface area contributed by atoms with E-state index >= 15 is 0 Å².